The number of rotatable bonds is 5. The summed E-state index contributed by atoms with van der Waals surface area (Å²) in [5, 5.41) is 0.723. The lowest BCUT2D eigenvalue weighted by Gasteiger charge is -2.18. The fourth-order valence-corrected chi connectivity index (χ4v) is 4.45. The summed E-state index contributed by atoms with van der Waals surface area (Å²) in [6.45, 7) is 5.12. The number of nitrogen functional groups attached to an aromatic ring is 1. The van der Waals surface area contributed by atoms with Gasteiger partial charge in [-0.1, -0.05) is 61.5 Å². The minimum Gasteiger partial charge on any atom is -0.368 e. The predicted molar refractivity (Wildman–Crippen MR) is 131 cm³/mol. The Morgan fingerprint density at radius 2 is 1.70 bits per heavy atom. The van der Waals surface area contributed by atoms with Crippen LogP contribution in [-0.4, -0.2) is 39.3 Å². The number of hydrogen-bond acceptors (Lipinski definition) is 5. The molecular weight excluding hydrogens is 410 g/mol. The van der Waals surface area contributed by atoms with Gasteiger partial charge in [0.15, 0.2) is 0 Å². The predicted octanol–water partition coefficient (Wildman–Crippen LogP) is 4.49. The van der Waals surface area contributed by atoms with E-state index in [1.54, 1.807) is 0 Å². The number of amides is 1. The Labute approximate surface area is 193 Å². The summed E-state index contributed by atoms with van der Waals surface area (Å²) >= 11 is 0. The van der Waals surface area contributed by atoms with Gasteiger partial charge in [-0.25, -0.2) is 9.97 Å². The number of anilines is 1. The summed E-state index contributed by atoms with van der Waals surface area (Å²) in [7, 11) is 2.11. The lowest BCUT2D eigenvalue weighted by atomic mass is 9.97. The Morgan fingerprint density at radius 1 is 1.00 bits per heavy atom. The van der Waals surface area contributed by atoms with Crippen LogP contribution in [0.5, 0.6) is 0 Å². The highest BCUT2D eigenvalue weighted by molar-refractivity contribution is 6.05. The van der Waals surface area contributed by atoms with E-state index in [4.69, 9.17) is 5.73 Å². The van der Waals surface area contributed by atoms with Crippen molar-refractivity contribution in [3.05, 3.63) is 89.1 Å². The molecule has 5 rings (SSSR count). The van der Waals surface area contributed by atoms with Crippen LogP contribution in [0.15, 0.2) is 66.7 Å². The third-order valence-electron chi connectivity index (χ3n) is 6.35. The largest absolute Gasteiger partial charge is 0.368 e. The molecule has 4 aromatic rings. The van der Waals surface area contributed by atoms with Gasteiger partial charge >= 0.3 is 0 Å². The van der Waals surface area contributed by atoms with Crippen LogP contribution < -0.4 is 5.73 Å². The molecule has 2 heterocycles. The maximum absolute atomic E-state index is 13.6. The van der Waals surface area contributed by atoms with E-state index < -0.39 is 0 Å². The number of benzene rings is 3. The fourth-order valence-electron chi connectivity index (χ4n) is 4.45. The highest BCUT2D eigenvalue weighted by atomic mass is 16.2. The molecule has 1 amide bonds. The minimum absolute atomic E-state index is 0.111. The summed E-state index contributed by atoms with van der Waals surface area (Å²) < 4.78 is 0. The third kappa shape index (κ3) is 4.05. The van der Waals surface area contributed by atoms with Crippen molar-refractivity contribution in [2.45, 2.75) is 26.6 Å². The van der Waals surface area contributed by atoms with E-state index >= 15 is 0 Å². The van der Waals surface area contributed by atoms with Crippen LogP contribution in [0.2, 0.25) is 0 Å². The van der Waals surface area contributed by atoms with Crippen LogP contribution in [0.25, 0.3) is 22.0 Å². The fraction of sp³-hybridized carbons (Fsp3) is 0.222. The quantitative estimate of drug-likeness (QED) is 0.498. The average molecular weight is 438 g/mol. The normalized spacial score (nSPS) is 13.0. The number of fused-ring (bicyclic) bond motifs is 2. The second kappa shape index (κ2) is 8.64. The van der Waals surface area contributed by atoms with Gasteiger partial charge in [0.25, 0.3) is 5.91 Å². The maximum Gasteiger partial charge on any atom is 0.273 e. The second-order valence-corrected chi connectivity index (χ2v) is 8.58. The molecule has 2 N–H and O–H groups in total. The average Bonchev–Trinajstić information content (AvgIpc) is 3.27. The van der Waals surface area contributed by atoms with E-state index in [2.05, 4.69) is 59.2 Å². The molecule has 6 heteroatoms. The van der Waals surface area contributed by atoms with E-state index in [-0.39, 0.29) is 11.9 Å². The molecule has 1 aromatic heterocycles. The smallest absolute Gasteiger partial charge is 0.273 e. The lowest BCUT2D eigenvalue weighted by molar-refractivity contribution is 0.0747. The van der Waals surface area contributed by atoms with Crippen molar-refractivity contribution in [1.82, 2.24) is 19.8 Å². The zero-order valence-electron chi connectivity index (χ0n) is 19.0. The highest BCUT2D eigenvalue weighted by Crippen LogP contribution is 2.31. The van der Waals surface area contributed by atoms with Crippen LogP contribution in [0.4, 0.5) is 5.95 Å². The SMILES string of the molecule is CCN(C)Cc1ccccc1-c1ccc2nc(N)nc(C(=O)N3Cc4ccccc4C3)c2c1. The number of carbonyl (C=O) groups is 1. The molecule has 0 unspecified atom stereocenters. The molecule has 0 spiro atoms. The van der Waals surface area contributed by atoms with E-state index in [1.807, 2.05) is 41.3 Å². The van der Waals surface area contributed by atoms with Gasteiger partial charge in [-0.15, -0.1) is 0 Å². The monoisotopic (exact) mass is 437 g/mol. The molecule has 0 radical (unpaired) electrons. The maximum atomic E-state index is 13.6. The Hall–Kier alpha value is -3.77. The Bertz CT molecular complexity index is 1320. The van der Waals surface area contributed by atoms with Crippen LogP contribution in [0.3, 0.4) is 0 Å². The lowest BCUT2D eigenvalue weighted by Crippen LogP contribution is -2.27. The first-order chi connectivity index (χ1) is 16.0. The Morgan fingerprint density at radius 3 is 2.42 bits per heavy atom. The van der Waals surface area contributed by atoms with Crippen molar-refractivity contribution in [3.8, 4) is 11.1 Å². The zero-order chi connectivity index (χ0) is 22.9. The van der Waals surface area contributed by atoms with Gasteiger partial charge in [-0.2, -0.15) is 0 Å². The van der Waals surface area contributed by atoms with Gasteiger partial charge in [0.1, 0.15) is 5.69 Å². The van der Waals surface area contributed by atoms with Crippen LogP contribution in [0, 0.1) is 0 Å². The number of carbonyl (C=O) groups excluding carboxylic acids is 1. The molecule has 0 atom stereocenters. The van der Waals surface area contributed by atoms with Crippen molar-refractivity contribution in [3.63, 3.8) is 0 Å². The van der Waals surface area contributed by atoms with E-state index in [9.17, 15) is 4.79 Å². The molecule has 3 aromatic carbocycles. The number of aromatic nitrogens is 2. The molecule has 166 valence electrons. The van der Waals surface area contributed by atoms with Gasteiger partial charge in [0.2, 0.25) is 5.95 Å². The topological polar surface area (TPSA) is 75.4 Å². The molecule has 1 aliphatic heterocycles. The van der Waals surface area contributed by atoms with Crippen molar-refractivity contribution in [2.24, 2.45) is 0 Å². The molecule has 0 saturated carbocycles. The van der Waals surface area contributed by atoms with Crippen molar-refractivity contribution >= 4 is 22.8 Å². The van der Waals surface area contributed by atoms with Gasteiger partial charge in [-0.3, -0.25) is 4.79 Å². The first-order valence-corrected chi connectivity index (χ1v) is 11.2. The summed E-state index contributed by atoms with van der Waals surface area (Å²) in [6, 6.07) is 22.5. The molecule has 0 fully saturated rings. The molecular formula is C27H27N5O. The molecule has 6 nitrogen and oxygen atoms in total. The summed E-state index contributed by atoms with van der Waals surface area (Å²) in [4.78, 5) is 26.4. The highest BCUT2D eigenvalue weighted by Gasteiger charge is 2.27. The van der Waals surface area contributed by atoms with E-state index in [0.717, 1.165) is 29.6 Å². The molecule has 33 heavy (non-hydrogen) atoms. The first-order valence-electron chi connectivity index (χ1n) is 11.2. The molecule has 0 aliphatic carbocycles. The second-order valence-electron chi connectivity index (χ2n) is 8.58. The molecule has 1 aliphatic rings. The molecule has 0 bridgehead atoms. The third-order valence-corrected chi connectivity index (χ3v) is 6.35. The number of nitrogens with two attached hydrogens (primary N) is 1. The number of nitrogens with zero attached hydrogens (tertiary/aromatic N) is 4. The van der Waals surface area contributed by atoms with E-state index in [1.165, 1.54) is 16.7 Å². The summed E-state index contributed by atoms with van der Waals surface area (Å²) in [5.74, 6) is -0.0123. The Balaban J connectivity index is 1.56. The first kappa shape index (κ1) is 21.1. The van der Waals surface area contributed by atoms with Crippen LogP contribution >= 0.6 is 0 Å². The standard InChI is InChI=1S/C27H27N5O/c1-3-31(2)15-21-10-6-7-11-22(21)18-12-13-24-23(14-18)25(30-27(28)29-24)26(33)32-16-19-8-4-5-9-20(19)17-32/h4-14H,3,15-17H2,1-2H3,(H2,28,29,30). The van der Waals surface area contributed by atoms with Gasteiger partial charge in [0.05, 0.1) is 5.52 Å². The van der Waals surface area contributed by atoms with Gasteiger partial charge in [-0.05, 0) is 53.5 Å². The van der Waals surface area contributed by atoms with Crippen molar-refractivity contribution in [2.75, 3.05) is 19.3 Å². The summed E-state index contributed by atoms with van der Waals surface area (Å²) in [5.41, 5.74) is 12.8. The van der Waals surface area contributed by atoms with Gasteiger partial charge in [0, 0.05) is 25.0 Å². The van der Waals surface area contributed by atoms with Gasteiger partial charge < -0.3 is 15.5 Å². The molecule has 0 saturated heterocycles. The zero-order valence-corrected chi connectivity index (χ0v) is 19.0. The minimum atomic E-state index is -0.124. The van der Waals surface area contributed by atoms with Crippen molar-refractivity contribution in [1.29, 1.82) is 0 Å². The van der Waals surface area contributed by atoms with Crippen LogP contribution in [0.1, 0.15) is 34.1 Å². The van der Waals surface area contributed by atoms with Crippen LogP contribution in [-0.2, 0) is 19.6 Å². The summed E-state index contributed by atoms with van der Waals surface area (Å²) in [6.07, 6.45) is 0. The van der Waals surface area contributed by atoms with Crippen molar-refractivity contribution < 1.29 is 4.79 Å². The number of hydrogen-bond donors (Lipinski definition) is 1. The Kier molecular flexibility index (Phi) is 5.52. The van der Waals surface area contributed by atoms with E-state index in [0.29, 0.717) is 24.3 Å².